The molecule has 2 N–H and O–H groups in total. The Hall–Kier alpha value is -0.650. The molecule has 92 valence electrons. The number of carbonyl (C=O) groups is 1. The minimum absolute atomic E-state index is 0.0465. The topological polar surface area (TPSA) is 59.6 Å². The fraction of sp³-hybridized carbons (Fsp3) is 0.909. The van der Waals surface area contributed by atoms with E-state index in [1.54, 1.807) is 0 Å². The van der Waals surface area contributed by atoms with Crippen LogP contribution < -0.4 is 10.6 Å². The zero-order valence-electron chi connectivity index (χ0n) is 9.54. The highest BCUT2D eigenvalue weighted by Crippen LogP contribution is 2.12. The van der Waals surface area contributed by atoms with Gasteiger partial charge in [-0.1, -0.05) is 0 Å². The molecule has 5 nitrogen and oxygen atoms in total. The van der Waals surface area contributed by atoms with Crippen molar-refractivity contribution < 1.29 is 14.3 Å². The monoisotopic (exact) mass is 228 g/mol. The lowest BCUT2D eigenvalue weighted by atomic mass is 10.0. The number of nitrogens with one attached hydrogen (secondary N) is 2. The predicted octanol–water partition coefficient (Wildman–Crippen LogP) is -0.482. The van der Waals surface area contributed by atoms with Gasteiger partial charge in [-0.05, 0) is 18.8 Å². The highest BCUT2D eigenvalue weighted by molar-refractivity contribution is 5.81. The summed E-state index contributed by atoms with van der Waals surface area (Å²) in [6.45, 7) is 4.28. The number of carbonyl (C=O) groups excluding carboxylic acids is 1. The Bertz CT molecular complexity index is 223. The van der Waals surface area contributed by atoms with E-state index in [1.165, 1.54) is 0 Å². The van der Waals surface area contributed by atoms with Crippen LogP contribution >= 0.6 is 0 Å². The molecule has 1 amide bonds. The summed E-state index contributed by atoms with van der Waals surface area (Å²) >= 11 is 0. The van der Waals surface area contributed by atoms with Gasteiger partial charge in [-0.3, -0.25) is 4.79 Å². The Balaban J connectivity index is 1.65. The van der Waals surface area contributed by atoms with Gasteiger partial charge in [0.05, 0.1) is 19.8 Å². The summed E-state index contributed by atoms with van der Waals surface area (Å²) in [5.41, 5.74) is 0. The van der Waals surface area contributed by atoms with Gasteiger partial charge in [0.1, 0.15) is 6.04 Å². The molecule has 2 aliphatic heterocycles. The van der Waals surface area contributed by atoms with Crippen LogP contribution in [0.5, 0.6) is 0 Å². The number of hydrogen-bond acceptors (Lipinski definition) is 4. The first-order valence-electron chi connectivity index (χ1n) is 6.03. The van der Waals surface area contributed by atoms with E-state index in [0.29, 0.717) is 19.1 Å². The maximum Gasteiger partial charge on any atom is 0.239 e. The van der Waals surface area contributed by atoms with Crippen molar-refractivity contribution in [3.63, 3.8) is 0 Å². The van der Waals surface area contributed by atoms with E-state index in [4.69, 9.17) is 9.47 Å². The zero-order valence-corrected chi connectivity index (χ0v) is 9.54. The largest absolute Gasteiger partial charge is 0.381 e. The molecule has 0 aromatic heterocycles. The summed E-state index contributed by atoms with van der Waals surface area (Å²) in [5.74, 6) is 0.521. The predicted molar refractivity (Wildman–Crippen MR) is 59.2 cm³/mol. The first kappa shape index (κ1) is 11.8. The number of morpholine rings is 1. The lowest BCUT2D eigenvalue weighted by Crippen LogP contribution is -2.52. The molecule has 2 atom stereocenters. The van der Waals surface area contributed by atoms with E-state index >= 15 is 0 Å². The second-order valence-electron chi connectivity index (χ2n) is 4.41. The molecular formula is C11H20N2O3. The van der Waals surface area contributed by atoms with E-state index in [1.807, 2.05) is 0 Å². The van der Waals surface area contributed by atoms with Crippen LogP contribution in [0.3, 0.4) is 0 Å². The van der Waals surface area contributed by atoms with Crippen molar-refractivity contribution in [2.24, 2.45) is 5.92 Å². The molecule has 0 aromatic rings. The van der Waals surface area contributed by atoms with E-state index in [2.05, 4.69) is 10.6 Å². The molecule has 0 spiro atoms. The van der Waals surface area contributed by atoms with Crippen molar-refractivity contribution in [3.05, 3.63) is 0 Å². The zero-order chi connectivity index (χ0) is 11.2. The number of hydrogen-bond donors (Lipinski definition) is 2. The molecule has 2 heterocycles. The third kappa shape index (κ3) is 3.43. The average molecular weight is 228 g/mol. The first-order valence-corrected chi connectivity index (χ1v) is 6.03. The van der Waals surface area contributed by atoms with Crippen LogP contribution in [-0.2, 0) is 14.3 Å². The van der Waals surface area contributed by atoms with Gasteiger partial charge in [-0.15, -0.1) is 0 Å². The number of amides is 1. The van der Waals surface area contributed by atoms with Crippen molar-refractivity contribution in [1.82, 2.24) is 10.6 Å². The highest BCUT2D eigenvalue weighted by atomic mass is 16.5. The molecule has 2 aliphatic rings. The Morgan fingerprint density at radius 2 is 2.19 bits per heavy atom. The summed E-state index contributed by atoms with van der Waals surface area (Å²) < 4.78 is 10.6. The summed E-state index contributed by atoms with van der Waals surface area (Å²) in [6.07, 6.45) is 2.25. The summed E-state index contributed by atoms with van der Waals surface area (Å²) in [7, 11) is 0. The molecule has 2 saturated heterocycles. The molecular weight excluding hydrogens is 208 g/mol. The van der Waals surface area contributed by atoms with Crippen LogP contribution in [0.1, 0.15) is 12.8 Å². The molecule has 0 saturated carbocycles. The van der Waals surface area contributed by atoms with Crippen molar-refractivity contribution in [2.45, 2.75) is 18.9 Å². The maximum absolute atomic E-state index is 11.7. The summed E-state index contributed by atoms with van der Waals surface area (Å²) in [6, 6.07) is -0.182. The van der Waals surface area contributed by atoms with E-state index in [9.17, 15) is 4.79 Å². The molecule has 2 unspecified atom stereocenters. The SMILES string of the molecule is O=C(NCC1CCCOC1)C1COCCN1. The lowest BCUT2D eigenvalue weighted by molar-refractivity contribution is -0.126. The molecule has 0 aliphatic carbocycles. The van der Waals surface area contributed by atoms with Crippen molar-refractivity contribution in [1.29, 1.82) is 0 Å². The van der Waals surface area contributed by atoms with Gasteiger partial charge >= 0.3 is 0 Å². The maximum atomic E-state index is 11.7. The highest BCUT2D eigenvalue weighted by Gasteiger charge is 2.22. The van der Waals surface area contributed by atoms with Gasteiger partial charge in [0.25, 0.3) is 0 Å². The average Bonchev–Trinajstić information content (AvgIpc) is 2.38. The van der Waals surface area contributed by atoms with Crippen LogP contribution in [0.15, 0.2) is 0 Å². The molecule has 16 heavy (non-hydrogen) atoms. The second kappa shape index (κ2) is 6.18. The van der Waals surface area contributed by atoms with Crippen LogP contribution in [0.4, 0.5) is 0 Å². The fourth-order valence-electron chi connectivity index (χ4n) is 2.07. The van der Waals surface area contributed by atoms with Gasteiger partial charge in [-0.2, -0.15) is 0 Å². The summed E-state index contributed by atoms with van der Waals surface area (Å²) in [4.78, 5) is 11.7. The van der Waals surface area contributed by atoms with Crippen molar-refractivity contribution in [3.8, 4) is 0 Å². The van der Waals surface area contributed by atoms with Gasteiger partial charge in [0, 0.05) is 19.7 Å². The van der Waals surface area contributed by atoms with Crippen molar-refractivity contribution >= 4 is 5.91 Å². The standard InChI is InChI=1S/C11H20N2O3/c14-11(10-8-16-5-3-12-10)13-6-9-2-1-4-15-7-9/h9-10,12H,1-8H2,(H,13,14). The Kier molecular flexibility index (Phi) is 4.56. The van der Waals surface area contributed by atoms with Crippen LogP contribution in [-0.4, -0.2) is 51.5 Å². The van der Waals surface area contributed by atoms with Crippen LogP contribution in [0.2, 0.25) is 0 Å². The van der Waals surface area contributed by atoms with Gasteiger partial charge in [-0.25, -0.2) is 0 Å². The quantitative estimate of drug-likeness (QED) is 0.685. The Labute approximate surface area is 95.9 Å². The first-order chi connectivity index (χ1) is 7.86. The Morgan fingerprint density at radius 3 is 2.88 bits per heavy atom. The van der Waals surface area contributed by atoms with Gasteiger partial charge in [0.2, 0.25) is 5.91 Å². The van der Waals surface area contributed by atoms with Gasteiger partial charge < -0.3 is 20.1 Å². The molecule has 0 radical (unpaired) electrons. The second-order valence-corrected chi connectivity index (χ2v) is 4.41. The minimum atomic E-state index is -0.182. The molecule has 5 heteroatoms. The lowest BCUT2D eigenvalue weighted by Gasteiger charge is -2.26. The van der Waals surface area contributed by atoms with Crippen LogP contribution in [0.25, 0.3) is 0 Å². The van der Waals surface area contributed by atoms with Gasteiger partial charge in [0.15, 0.2) is 0 Å². The number of rotatable bonds is 3. The smallest absolute Gasteiger partial charge is 0.239 e. The molecule has 0 bridgehead atoms. The summed E-state index contributed by atoms with van der Waals surface area (Å²) in [5, 5.41) is 6.10. The fourth-order valence-corrected chi connectivity index (χ4v) is 2.07. The number of ether oxygens (including phenoxy) is 2. The van der Waals surface area contributed by atoms with E-state index in [-0.39, 0.29) is 11.9 Å². The molecule has 2 rings (SSSR count). The van der Waals surface area contributed by atoms with Crippen molar-refractivity contribution in [2.75, 3.05) is 39.5 Å². The normalized spacial score (nSPS) is 31.0. The molecule has 2 fully saturated rings. The third-order valence-corrected chi connectivity index (χ3v) is 3.06. The molecule has 0 aromatic carbocycles. The van der Waals surface area contributed by atoms with E-state index in [0.717, 1.165) is 39.1 Å². The van der Waals surface area contributed by atoms with E-state index < -0.39 is 0 Å². The van der Waals surface area contributed by atoms with Crippen LogP contribution in [0, 0.1) is 5.92 Å². The third-order valence-electron chi connectivity index (χ3n) is 3.06. The Morgan fingerprint density at radius 1 is 1.31 bits per heavy atom. The minimum Gasteiger partial charge on any atom is -0.381 e.